The van der Waals surface area contributed by atoms with Crippen LogP contribution >= 0.6 is 0 Å². The molecular formula is C24H35N5O. The van der Waals surface area contributed by atoms with Crippen LogP contribution in [0.25, 0.3) is 0 Å². The summed E-state index contributed by atoms with van der Waals surface area (Å²) >= 11 is 0. The molecule has 0 atom stereocenters. The van der Waals surface area contributed by atoms with E-state index in [9.17, 15) is 0 Å². The highest BCUT2D eigenvalue weighted by Gasteiger charge is 2.14. The zero-order valence-electron chi connectivity index (χ0n) is 18.8. The van der Waals surface area contributed by atoms with Crippen LogP contribution in [0, 0.1) is 0 Å². The first-order valence-electron chi connectivity index (χ1n) is 10.6. The third-order valence-corrected chi connectivity index (χ3v) is 5.65. The molecule has 3 rings (SSSR count). The summed E-state index contributed by atoms with van der Waals surface area (Å²) in [6.45, 7) is 7.12. The van der Waals surface area contributed by atoms with Crippen LogP contribution in [-0.4, -0.2) is 75.1 Å². The summed E-state index contributed by atoms with van der Waals surface area (Å²) in [5.41, 5.74) is 3.77. The van der Waals surface area contributed by atoms with E-state index in [1.165, 1.54) is 11.1 Å². The number of guanidine groups is 1. The van der Waals surface area contributed by atoms with Gasteiger partial charge in [0.05, 0.1) is 7.11 Å². The number of nitrogens with one attached hydrogen (secondary N) is 1. The maximum absolute atomic E-state index is 5.47. The van der Waals surface area contributed by atoms with E-state index >= 15 is 0 Å². The average Bonchev–Trinajstić information content (AvgIpc) is 2.77. The van der Waals surface area contributed by atoms with Crippen LogP contribution in [0.5, 0.6) is 5.75 Å². The van der Waals surface area contributed by atoms with Gasteiger partial charge in [0.25, 0.3) is 0 Å². The molecule has 1 aliphatic rings. The molecule has 1 saturated heterocycles. The first-order valence-corrected chi connectivity index (χ1v) is 10.6. The van der Waals surface area contributed by atoms with Gasteiger partial charge in [0, 0.05) is 65.5 Å². The lowest BCUT2D eigenvalue weighted by molar-refractivity contribution is 0.148. The molecule has 1 heterocycles. The molecule has 1 fully saturated rings. The molecule has 0 amide bonds. The topological polar surface area (TPSA) is 43.3 Å². The summed E-state index contributed by atoms with van der Waals surface area (Å²) in [6, 6.07) is 17.0. The Morgan fingerprint density at radius 1 is 1.03 bits per heavy atom. The predicted molar refractivity (Wildman–Crippen MR) is 124 cm³/mol. The molecule has 6 nitrogen and oxygen atoms in total. The fourth-order valence-corrected chi connectivity index (χ4v) is 3.76. The first kappa shape index (κ1) is 22.1. The van der Waals surface area contributed by atoms with Gasteiger partial charge in [-0.2, -0.15) is 0 Å². The monoisotopic (exact) mass is 409 g/mol. The van der Waals surface area contributed by atoms with Gasteiger partial charge in [0.1, 0.15) is 5.75 Å². The molecule has 6 heteroatoms. The van der Waals surface area contributed by atoms with Crippen molar-refractivity contribution in [2.75, 3.05) is 54.4 Å². The zero-order chi connectivity index (χ0) is 21.3. The van der Waals surface area contributed by atoms with Gasteiger partial charge in [-0.3, -0.25) is 9.89 Å². The summed E-state index contributed by atoms with van der Waals surface area (Å²) in [6.07, 6.45) is 0. The lowest BCUT2D eigenvalue weighted by Gasteiger charge is -2.32. The summed E-state index contributed by atoms with van der Waals surface area (Å²) in [4.78, 5) is 11.5. The van der Waals surface area contributed by atoms with Crippen molar-refractivity contribution in [1.82, 2.24) is 20.0 Å². The molecule has 0 aliphatic carbocycles. The van der Waals surface area contributed by atoms with Crippen LogP contribution in [0.1, 0.15) is 16.7 Å². The molecule has 1 N–H and O–H groups in total. The Hall–Kier alpha value is -2.57. The molecule has 0 aromatic heterocycles. The first-order chi connectivity index (χ1) is 14.6. The Kier molecular flexibility index (Phi) is 8.11. The van der Waals surface area contributed by atoms with Gasteiger partial charge < -0.3 is 19.9 Å². The Bertz CT molecular complexity index is 813. The normalized spacial score (nSPS) is 15.8. The minimum atomic E-state index is 0.730. The lowest BCUT2D eigenvalue weighted by atomic mass is 10.1. The second-order valence-corrected chi connectivity index (χ2v) is 7.96. The van der Waals surface area contributed by atoms with Gasteiger partial charge in [0.15, 0.2) is 5.96 Å². The van der Waals surface area contributed by atoms with E-state index in [0.29, 0.717) is 0 Å². The lowest BCUT2D eigenvalue weighted by Crippen LogP contribution is -2.43. The van der Waals surface area contributed by atoms with Crippen molar-refractivity contribution in [2.24, 2.45) is 4.99 Å². The minimum Gasteiger partial charge on any atom is -0.496 e. The fourth-order valence-electron chi connectivity index (χ4n) is 3.76. The van der Waals surface area contributed by atoms with E-state index in [2.05, 4.69) is 62.4 Å². The number of ether oxygens (including phenoxy) is 1. The summed E-state index contributed by atoms with van der Waals surface area (Å²) < 4.78 is 5.47. The van der Waals surface area contributed by atoms with E-state index in [1.54, 1.807) is 7.11 Å². The number of para-hydroxylation sites is 1. The smallest absolute Gasteiger partial charge is 0.193 e. The molecule has 0 radical (unpaired) electrons. The Balaban J connectivity index is 1.50. The summed E-state index contributed by atoms with van der Waals surface area (Å²) in [7, 11) is 7.77. The molecule has 30 heavy (non-hydrogen) atoms. The molecule has 0 spiro atoms. The van der Waals surface area contributed by atoms with E-state index in [-0.39, 0.29) is 0 Å². The van der Waals surface area contributed by atoms with Crippen LogP contribution in [0.3, 0.4) is 0 Å². The Morgan fingerprint density at radius 3 is 2.37 bits per heavy atom. The van der Waals surface area contributed by atoms with Gasteiger partial charge in [-0.15, -0.1) is 0 Å². The fraction of sp³-hybridized carbons (Fsp3) is 0.458. The number of nitrogens with zero attached hydrogens (tertiary/aromatic N) is 4. The van der Waals surface area contributed by atoms with Crippen LogP contribution < -0.4 is 10.1 Å². The second-order valence-electron chi connectivity index (χ2n) is 7.96. The molecule has 0 saturated carbocycles. The van der Waals surface area contributed by atoms with Crippen molar-refractivity contribution in [3.8, 4) is 5.75 Å². The van der Waals surface area contributed by atoms with Crippen LogP contribution in [0.2, 0.25) is 0 Å². The van der Waals surface area contributed by atoms with Crippen molar-refractivity contribution in [2.45, 2.75) is 19.6 Å². The van der Waals surface area contributed by atoms with Crippen LogP contribution in [0.15, 0.2) is 53.5 Å². The molecule has 1 aliphatic heterocycles. The van der Waals surface area contributed by atoms with Crippen molar-refractivity contribution in [1.29, 1.82) is 0 Å². The van der Waals surface area contributed by atoms with Gasteiger partial charge >= 0.3 is 0 Å². The van der Waals surface area contributed by atoms with E-state index in [0.717, 1.165) is 63.1 Å². The number of aliphatic imine (C=N–C) groups is 1. The van der Waals surface area contributed by atoms with Gasteiger partial charge in [0.2, 0.25) is 0 Å². The van der Waals surface area contributed by atoms with Crippen molar-refractivity contribution < 1.29 is 4.74 Å². The SMILES string of the molecule is CN=C(NCc1ccc(CN2CCN(C)CC2)cc1)N(C)Cc1ccccc1OC. The van der Waals surface area contributed by atoms with Gasteiger partial charge in [-0.05, 0) is 24.2 Å². The molecule has 2 aromatic rings. The highest BCUT2D eigenvalue weighted by molar-refractivity contribution is 5.79. The number of piperazine rings is 1. The average molecular weight is 410 g/mol. The van der Waals surface area contributed by atoms with E-state index < -0.39 is 0 Å². The highest BCUT2D eigenvalue weighted by atomic mass is 16.5. The third kappa shape index (κ3) is 6.21. The number of hydrogen-bond acceptors (Lipinski definition) is 4. The van der Waals surface area contributed by atoms with Gasteiger partial charge in [-0.25, -0.2) is 0 Å². The number of benzene rings is 2. The van der Waals surface area contributed by atoms with E-state index in [1.807, 2.05) is 32.3 Å². The predicted octanol–water partition coefficient (Wildman–Crippen LogP) is 2.65. The van der Waals surface area contributed by atoms with Crippen LogP contribution in [0.4, 0.5) is 0 Å². The van der Waals surface area contributed by atoms with Gasteiger partial charge in [-0.1, -0.05) is 42.5 Å². The maximum atomic E-state index is 5.47. The largest absolute Gasteiger partial charge is 0.496 e. The number of rotatable bonds is 7. The second kappa shape index (κ2) is 11.0. The molecule has 0 unspecified atom stereocenters. The molecule has 2 aromatic carbocycles. The van der Waals surface area contributed by atoms with Crippen molar-refractivity contribution >= 4 is 5.96 Å². The summed E-state index contributed by atoms with van der Waals surface area (Å²) in [5.74, 6) is 1.76. The molecule has 0 bridgehead atoms. The number of methoxy groups -OCH3 is 1. The minimum absolute atomic E-state index is 0.730. The Morgan fingerprint density at radius 2 is 1.70 bits per heavy atom. The number of likely N-dealkylation sites (N-methyl/N-ethyl adjacent to an activating group) is 1. The molecule has 162 valence electrons. The van der Waals surface area contributed by atoms with Crippen LogP contribution in [-0.2, 0) is 19.6 Å². The van der Waals surface area contributed by atoms with E-state index in [4.69, 9.17) is 4.74 Å². The number of hydrogen-bond donors (Lipinski definition) is 1. The molecular weight excluding hydrogens is 374 g/mol. The van der Waals surface area contributed by atoms with Crippen molar-refractivity contribution in [3.63, 3.8) is 0 Å². The Labute approximate surface area is 181 Å². The zero-order valence-corrected chi connectivity index (χ0v) is 18.8. The highest BCUT2D eigenvalue weighted by Crippen LogP contribution is 2.18. The standard InChI is InChI=1S/C24H35N5O/c1-25-24(28(3)19-22-7-5-6-8-23(22)30-4)26-17-20-9-11-21(12-10-20)18-29-15-13-27(2)14-16-29/h5-12H,13-19H2,1-4H3,(H,25,26). The quantitative estimate of drug-likeness (QED) is 0.563. The van der Waals surface area contributed by atoms with Crippen molar-refractivity contribution in [3.05, 3.63) is 65.2 Å². The summed E-state index contributed by atoms with van der Waals surface area (Å²) in [5, 5.41) is 3.47. The third-order valence-electron chi connectivity index (χ3n) is 5.65. The maximum Gasteiger partial charge on any atom is 0.193 e.